The van der Waals surface area contributed by atoms with E-state index in [1.165, 1.54) is 46.6 Å². The van der Waals surface area contributed by atoms with Crippen molar-refractivity contribution in [1.29, 1.82) is 0 Å². The van der Waals surface area contributed by atoms with Crippen LogP contribution in [0.5, 0.6) is 11.5 Å². The molecule has 3 aliphatic rings. The predicted molar refractivity (Wildman–Crippen MR) is 173 cm³/mol. The molecule has 0 amide bonds. The monoisotopic (exact) mass is 574 g/mol. The van der Waals surface area contributed by atoms with Crippen LogP contribution in [0.2, 0.25) is 0 Å². The third-order valence-electron chi connectivity index (χ3n) is 8.36. The summed E-state index contributed by atoms with van der Waals surface area (Å²) in [4.78, 5) is 4.54. The molecular weight excluding hydrogens is 520 g/mol. The fourth-order valence-corrected chi connectivity index (χ4v) is 5.66. The highest BCUT2D eigenvalue weighted by Gasteiger charge is 2.26. The average Bonchev–Trinajstić information content (AvgIpc) is 3.39. The van der Waals surface area contributed by atoms with Crippen molar-refractivity contribution in [1.82, 2.24) is 9.55 Å². The summed E-state index contributed by atoms with van der Waals surface area (Å²) in [5.74, 6) is 3.03. The van der Waals surface area contributed by atoms with Crippen molar-refractivity contribution in [3.8, 4) is 11.5 Å². The second-order valence-corrected chi connectivity index (χ2v) is 15.1. The van der Waals surface area contributed by atoms with Gasteiger partial charge in [0.2, 0.25) is 0 Å². The topological polar surface area (TPSA) is 45.5 Å². The molecule has 4 heterocycles. The van der Waals surface area contributed by atoms with Crippen molar-refractivity contribution in [2.75, 3.05) is 19.8 Å². The average molecular weight is 575 g/mol. The van der Waals surface area contributed by atoms with E-state index >= 15 is 0 Å². The molecule has 0 N–H and O–H groups in total. The molecule has 0 fully saturated rings. The molecular formula is C37H54N2O3. The van der Waals surface area contributed by atoms with E-state index in [1.54, 1.807) is 0 Å². The Morgan fingerprint density at radius 3 is 2.02 bits per heavy atom. The highest BCUT2D eigenvalue weighted by atomic mass is 16.6. The molecule has 1 aromatic heterocycles. The van der Waals surface area contributed by atoms with Gasteiger partial charge in [-0.2, -0.15) is 0 Å². The Morgan fingerprint density at radius 2 is 1.36 bits per heavy atom. The molecule has 0 radical (unpaired) electrons. The Labute approximate surface area is 255 Å². The Bertz CT molecular complexity index is 1270. The highest BCUT2D eigenvalue weighted by Crippen LogP contribution is 2.35. The molecule has 5 nitrogen and oxygen atoms in total. The first-order valence-corrected chi connectivity index (χ1v) is 15.8. The van der Waals surface area contributed by atoms with Crippen LogP contribution in [0.25, 0.3) is 0 Å². The van der Waals surface area contributed by atoms with Gasteiger partial charge in [0, 0.05) is 29.8 Å². The molecule has 0 saturated carbocycles. The standard InChI is InChI=1S/C13H18O.C12H20N2.C12H16O2/c1-13(2,3)12-5-4-10-6-7-14-9-11(10)8-12;1-9-6-5-7-11-13-8-10(14(9)11)12(2,3)4;1-12(2,3)9-4-5-10-11(8-9)14-7-6-13-10/h4-5,8H,6-7,9H2,1-3H3;8-9H,5-7H2,1-4H3;4-5,8H,6-7H2,1-3H3. The lowest BCUT2D eigenvalue weighted by Crippen LogP contribution is -2.23. The van der Waals surface area contributed by atoms with Gasteiger partial charge in [0.15, 0.2) is 11.5 Å². The maximum atomic E-state index is 5.53. The lowest BCUT2D eigenvalue weighted by atomic mass is 9.85. The molecule has 3 aromatic rings. The summed E-state index contributed by atoms with van der Waals surface area (Å²) in [6, 6.07) is 13.6. The lowest BCUT2D eigenvalue weighted by molar-refractivity contribution is 0.110. The third-order valence-corrected chi connectivity index (χ3v) is 8.36. The summed E-state index contributed by atoms with van der Waals surface area (Å²) in [6.45, 7) is 25.4. The Balaban J connectivity index is 0.000000145. The first kappa shape index (κ1) is 32.1. The van der Waals surface area contributed by atoms with Crippen LogP contribution in [0.3, 0.4) is 0 Å². The summed E-state index contributed by atoms with van der Waals surface area (Å²) in [7, 11) is 0. The SMILES string of the molecule is CC(C)(C)c1ccc2c(c1)COCC2.CC(C)(C)c1ccc2c(c1)OCCO2.CC1CCCc2ncc(C(C)(C)C)n21. The van der Waals surface area contributed by atoms with E-state index in [9.17, 15) is 0 Å². The van der Waals surface area contributed by atoms with Crippen LogP contribution in [0.15, 0.2) is 42.6 Å². The first-order valence-electron chi connectivity index (χ1n) is 15.8. The molecule has 0 saturated heterocycles. The van der Waals surface area contributed by atoms with E-state index in [4.69, 9.17) is 14.2 Å². The molecule has 1 unspecified atom stereocenters. The summed E-state index contributed by atoms with van der Waals surface area (Å²) in [5.41, 5.74) is 7.54. The Hall–Kier alpha value is -2.79. The molecule has 42 heavy (non-hydrogen) atoms. The first-order chi connectivity index (χ1) is 19.6. The van der Waals surface area contributed by atoms with Crippen molar-refractivity contribution in [2.24, 2.45) is 0 Å². The van der Waals surface area contributed by atoms with Crippen LogP contribution in [0.1, 0.15) is 122 Å². The van der Waals surface area contributed by atoms with Gasteiger partial charge in [-0.3, -0.25) is 0 Å². The second-order valence-electron chi connectivity index (χ2n) is 15.1. The van der Waals surface area contributed by atoms with Crippen molar-refractivity contribution >= 4 is 0 Å². The van der Waals surface area contributed by atoms with Gasteiger partial charge in [0.05, 0.1) is 13.2 Å². The van der Waals surface area contributed by atoms with Gasteiger partial charge in [-0.1, -0.05) is 86.6 Å². The third kappa shape index (κ3) is 7.98. The fourth-order valence-electron chi connectivity index (χ4n) is 5.66. The molecule has 0 bridgehead atoms. The minimum atomic E-state index is 0.163. The Morgan fingerprint density at radius 1 is 0.714 bits per heavy atom. The number of imidazole rings is 1. The minimum absolute atomic E-state index is 0.163. The predicted octanol–water partition coefficient (Wildman–Crippen LogP) is 8.89. The number of aryl methyl sites for hydroxylation is 1. The van der Waals surface area contributed by atoms with Gasteiger partial charge in [-0.15, -0.1) is 0 Å². The highest BCUT2D eigenvalue weighted by molar-refractivity contribution is 5.45. The van der Waals surface area contributed by atoms with E-state index in [0.717, 1.165) is 37.6 Å². The smallest absolute Gasteiger partial charge is 0.161 e. The second kappa shape index (κ2) is 12.8. The molecule has 0 aliphatic carbocycles. The number of rotatable bonds is 0. The summed E-state index contributed by atoms with van der Waals surface area (Å²) in [6.07, 6.45) is 6.88. The maximum absolute atomic E-state index is 5.53. The molecule has 230 valence electrons. The fraction of sp³-hybridized carbons (Fsp3) is 0.595. The van der Waals surface area contributed by atoms with E-state index < -0.39 is 0 Å². The molecule has 5 heteroatoms. The minimum Gasteiger partial charge on any atom is -0.486 e. The van der Waals surface area contributed by atoms with Gasteiger partial charge in [-0.25, -0.2) is 4.98 Å². The van der Waals surface area contributed by atoms with Gasteiger partial charge in [-0.05, 0) is 71.4 Å². The molecule has 2 aromatic carbocycles. The maximum Gasteiger partial charge on any atom is 0.161 e. The van der Waals surface area contributed by atoms with Crippen LogP contribution < -0.4 is 9.47 Å². The number of fused-ring (bicyclic) bond motifs is 3. The van der Waals surface area contributed by atoms with Crippen molar-refractivity contribution < 1.29 is 14.2 Å². The number of ether oxygens (including phenoxy) is 3. The zero-order chi connectivity index (χ0) is 30.7. The summed E-state index contributed by atoms with van der Waals surface area (Å²) in [5, 5.41) is 0. The summed E-state index contributed by atoms with van der Waals surface area (Å²) >= 11 is 0. The van der Waals surface area contributed by atoms with Crippen LogP contribution in [-0.2, 0) is 40.4 Å². The largest absolute Gasteiger partial charge is 0.486 e. The molecule has 6 rings (SSSR count). The van der Waals surface area contributed by atoms with Crippen LogP contribution >= 0.6 is 0 Å². The number of nitrogens with zero attached hydrogens (tertiary/aromatic N) is 2. The van der Waals surface area contributed by atoms with Gasteiger partial charge in [0.25, 0.3) is 0 Å². The van der Waals surface area contributed by atoms with Gasteiger partial charge in [0.1, 0.15) is 19.0 Å². The van der Waals surface area contributed by atoms with Crippen LogP contribution in [0.4, 0.5) is 0 Å². The number of hydrogen-bond acceptors (Lipinski definition) is 4. The van der Waals surface area contributed by atoms with E-state index in [2.05, 4.69) is 115 Å². The van der Waals surface area contributed by atoms with Crippen LogP contribution in [0, 0.1) is 0 Å². The van der Waals surface area contributed by atoms with Crippen molar-refractivity contribution in [2.45, 2.75) is 124 Å². The lowest BCUT2D eigenvalue weighted by Gasteiger charge is -2.28. The number of benzene rings is 2. The number of aromatic nitrogens is 2. The van der Waals surface area contributed by atoms with E-state index in [-0.39, 0.29) is 16.2 Å². The molecule has 1 atom stereocenters. The molecule has 0 spiro atoms. The zero-order valence-corrected chi connectivity index (χ0v) is 27.9. The summed E-state index contributed by atoms with van der Waals surface area (Å²) < 4.78 is 18.9. The van der Waals surface area contributed by atoms with Crippen molar-refractivity contribution in [3.05, 3.63) is 76.4 Å². The van der Waals surface area contributed by atoms with Crippen molar-refractivity contribution in [3.63, 3.8) is 0 Å². The molecule has 3 aliphatic heterocycles. The Kier molecular flexibility index (Phi) is 9.82. The normalized spacial score (nSPS) is 18.0. The van der Waals surface area contributed by atoms with Gasteiger partial charge >= 0.3 is 0 Å². The zero-order valence-electron chi connectivity index (χ0n) is 27.9. The quantitative estimate of drug-likeness (QED) is 0.269. The van der Waals surface area contributed by atoms with E-state index in [0.29, 0.717) is 19.3 Å². The van der Waals surface area contributed by atoms with Gasteiger partial charge < -0.3 is 18.8 Å². The van der Waals surface area contributed by atoms with Crippen LogP contribution in [-0.4, -0.2) is 29.4 Å². The number of hydrogen-bond donors (Lipinski definition) is 0. The van der Waals surface area contributed by atoms with E-state index in [1.807, 2.05) is 6.07 Å².